The van der Waals surface area contributed by atoms with Crippen molar-refractivity contribution in [2.24, 2.45) is 0 Å². The smallest absolute Gasteiger partial charge is 0.0632 e. The van der Waals surface area contributed by atoms with Crippen molar-refractivity contribution in [2.75, 3.05) is 4.90 Å². The zero-order valence-electron chi connectivity index (χ0n) is 23.8. The fourth-order valence-electron chi connectivity index (χ4n) is 6.89. The van der Waals surface area contributed by atoms with Gasteiger partial charge >= 0.3 is 0 Å². The minimum absolute atomic E-state index is 1.04. The van der Waals surface area contributed by atoms with Crippen LogP contribution in [0.15, 0.2) is 158 Å². The summed E-state index contributed by atoms with van der Waals surface area (Å²) in [5.41, 5.74) is 6.70. The standard InChI is InChI=1S/C40H26N4/c1-2-9-28(10-3-1)44-37-17-15-31(43(29-18-22-41-23-19-29)30-20-24-42-25-21-30)26-36(37)39-34-13-7-6-12-33(34)35-16-14-27-8-4-5-11-32(27)38(35)40(39)44/h1-26H. The second-order valence-corrected chi connectivity index (χ2v) is 11.1. The Labute approximate surface area is 254 Å². The van der Waals surface area contributed by atoms with Crippen LogP contribution in [0.5, 0.6) is 0 Å². The van der Waals surface area contributed by atoms with Crippen LogP contribution in [0.1, 0.15) is 0 Å². The summed E-state index contributed by atoms with van der Waals surface area (Å²) in [5.74, 6) is 0. The quantitative estimate of drug-likeness (QED) is 0.200. The van der Waals surface area contributed by atoms with E-state index in [1.807, 2.05) is 49.1 Å². The van der Waals surface area contributed by atoms with Crippen molar-refractivity contribution in [1.29, 1.82) is 0 Å². The van der Waals surface area contributed by atoms with Crippen molar-refractivity contribution in [1.82, 2.24) is 14.5 Å². The predicted octanol–water partition coefficient (Wildman–Crippen LogP) is 10.5. The Hall–Kier alpha value is -6.00. The SMILES string of the molecule is c1ccc(-n2c3ccc(N(c4ccncc4)c4ccncc4)cc3c3c4ccccc4c4ccc5ccccc5c4c32)cc1. The van der Waals surface area contributed by atoms with Crippen molar-refractivity contribution in [3.05, 3.63) is 158 Å². The molecule has 0 saturated carbocycles. The number of benzene rings is 6. The summed E-state index contributed by atoms with van der Waals surface area (Å²) >= 11 is 0. The Morgan fingerprint density at radius 2 is 1.02 bits per heavy atom. The minimum atomic E-state index is 1.04. The van der Waals surface area contributed by atoms with Gasteiger partial charge in [0.2, 0.25) is 0 Å². The van der Waals surface area contributed by atoms with Crippen molar-refractivity contribution >= 4 is 71.2 Å². The monoisotopic (exact) mass is 562 g/mol. The fraction of sp³-hybridized carbons (Fsp3) is 0. The first-order valence-electron chi connectivity index (χ1n) is 14.8. The molecular formula is C40H26N4. The molecule has 0 aliphatic heterocycles. The van der Waals surface area contributed by atoms with Gasteiger partial charge in [-0.3, -0.25) is 9.97 Å². The summed E-state index contributed by atoms with van der Waals surface area (Å²) in [6, 6.07) is 47.9. The van der Waals surface area contributed by atoms with Gasteiger partial charge < -0.3 is 9.47 Å². The molecule has 0 radical (unpaired) electrons. The molecule has 0 N–H and O–H groups in total. The normalized spacial score (nSPS) is 11.6. The number of nitrogens with zero attached hydrogens (tertiary/aromatic N) is 4. The Morgan fingerprint density at radius 3 is 1.75 bits per heavy atom. The first-order valence-corrected chi connectivity index (χ1v) is 14.8. The van der Waals surface area contributed by atoms with Crippen LogP contribution < -0.4 is 4.90 Å². The van der Waals surface area contributed by atoms with E-state index >= 15 is 0 Å². The highest BCUT2D eigenvalue weighted by Gasteiger charge is 2.22. The van der Waals surface area contributed by atoms with E-state index in [-0.39, 0.29) is 0 Å². The van der Waals surface area contributed by atoms with Gasteiger partial charge in [-0.2, -0.15) is 0 Å². The number of rotatable bonds is 4. The second-order valence-electron chi connectivity index (χ2n) is 11.1. The average Bonchev–Trinajstić information content (AvgIpc) is 3.44. The second kappa shape index (κ2) is 9.79. The maximum Gasteiger partial charge on any atom is 0.0632 e. The molecule has 0 bridgehead atoms. The van der Waals surface area contributed by atoms with Crippen LogP contribution >= 0.6 is 0 Å². The Bertz CT molecular complexity index is 2440. The van der Waals surface area contributed by atoms with Crippen molar-refractivity contribution in [3.63, 3.8) is 0 Å². The van der Waals surface area contributed by atoms with Gasteiger partial charge in [0.25, 0.3) is 0 Å². The third kappa shape index (κ3) is 3.64. The van der Waals surface area contributed by atoms with Crippen LogP contribution in [0.4, 0.5) is 17.1 Å². The maximum atomic E-state index is 4.29. The number of hydrogen-bond donors (Lipinski definition) is 0. The number of anilines is 3. The molecule has 0 unspecified atom stereocenters. The molecule has 4 heteroatoms. The molecule has 9 rings (SSSR count). The van der Waals surface area contributed by atoms with Gasteiger partial charge in [0.15, 0.2) is 0 Å². The van der Waals surface area contributed by atoms with Gasteiger partial charge in [-0.25, -0.2) is 0 Å². The largest absolute Gasteiger partial charge is 0.310 e. The van der Waals surface area contributed by atoms with Crippen LogP contribution in [0.25, 0.3) is 59.8 Å². The van der Waals surface area contributed by atoms with E-state index in [1.165, 1.54) is 54.1 Å². The molecule has 9 aromatic rings. The molecule has 6 aromatic carbocycles. The van der Waals surface area contributed by atoms with E-state index in [1.54, 1.807) is 0 Å². The Morgan fingerprint density at radius 1 is 0.432 bits per heavy atom. The summed E-state index contributed by atoms with van der Waals surface area (Å²) < 4.78 is 2.46. The van der Waals surface area contributed by atoms with E-state index in [0.29, 0.717) is 0 Å². The van der Waals surface area contributed by atoms with Crippen LogP contribution in [0.2, 0.25) is 0 Å². The number of aromatic nitrogens is 3. The zero-order chi connectivity index (χ0) is 29.0. The van der Waals surface area contributed by atoms with Gasteiger partial charge in [0.05, 0.1) is 11.0 Å². The molecule has 0 aliphatic carbocycles. The molecule has 0 atom stereocenters. The first kappa shape index (κ1) is 24.6. The highest BCUT2D eigenvalue weighted by molar-refractivity contribution is 6.36. The number of hydrogen-bond acceptors (Lipinski definition) is 3. The van der Waals surface area contributed by atoms with Crippen molar-refractivity contribution in [3.8, 4) is 5.69 Å². The van der Waals surface area contributed by atoms with Crippen LogP contribution in [0, 0.1) is 0 Å². The van der Waals surface area contributed by atoms with Crippen molar-refractivity contribution < 1.29 is 0 Å². The fourth-order valence-corrected chi connectivity index (χ4v) is 6.89. The summed E-state index contributed by atoms with van der Waals surface area (Å²) in [4.78, 5) is 10.8. The molecular weight excluding hydrogens is 536 g/mol. The lowest BCUT2D eigenvalue weighted by Crippen LogP contribution is -2.09. The number of pyridine rings is 2. The lowest BCUT2D eigenvalue weighted by atomic mass is 9.93. The highest BCUT2D eigenvalue weighted by Crippen LogP contribution is 2.46. The summed E-state index contributed by atoms with van der Waals surface area (Å²) in [7, 11) is 0. The third-order valence-electron chi connectivity index (χ3n) is 8.72. The maximum absolute atomic E-state index is 4.29. The lowest BCUT2D eigenvalue weighted by Gasteiger charge is -2.25. The zero-order valence-corrected chi connectivity index (χ0v) is 23.8. The van der Waals surface area contributed by atoms with E-state index in [2.05, 4.69) is 129 Å². The summed E-state index contributed by atoms with van der Waals surface area (Å²) in [5, 5.41) is 10.0. The highest BCUT2D eigenvalue weighted by atomic mass is 15.1. The van der Waals surface area contributed by atoms with Gasteiger partial charge in [-0.15, -0.1) is 0 Å². The average molecular weight is 563 g/mol. The minimum Gasteiger partial charge on any atom is -0.310 e. The third-order valence-corrected chi connectivity index (χ3v) is 8.72. The molecule has 3 aromatic heterocycles. The van der Waals surface area contributed by atoms with E-state index in [9.17, 15) is 0 Å². The number of fused-ring (bicyclic) bond motifs is 10. The topological polar surface area (TPSA) is 34.0 Å². The van der Waals surface area contributed by atoms with E-state index in [4.69, 9.17) is 0 Å². The molecule has 0 spiro atoms. The number of para-hydroxylation sites is 1. The van der Waals surface area contributed by atoms with Crippen LogP contribution in [-0.2, 0) is 0 Å². The Balaban J connectivity index is 1.49. The lowest BCUT2D eigenvalue weighted by molar-refractivity contribution is 1.18. The van der Waals surface area contributed by atoms with Gasteiger partial charge in [0, 0.05) is 63.7 Å². The molecule has 206 valence electrons. The van der Waals surface area contributed by atoms with Crippen molar-refractivity contribution in [2.45, 2.75) is 0 Å². The van der Waals surface area contributed by atoms with Crippen LogP contribution in [-0.4, -0.2) is 14.5 Å². The van der Waals surface area contributed by atoms with E-state index < -0.39 is 0 Å². The van der Waals surface area contributed by atoms with Gasteiger partial charge in [-0.05, 0) is 81.5 Å². The van der Waals surface area contributed by atoms with Crippen LogP contribution in [0.3, 0.4) is 0 Å². The molecule has 0 saturated heterocycles. The Kier molecular flexibility index (Phi) is 5.47. The summed E-state index contributed by atoms with van der Waals surface area (Å²) in [6.07, 6.45) is 7.37. The molecule has 44 heavy (non-hydrogen) atoms. The first-order chi connectivity index (χ1) is 21.9. The molecule has 4 nitrogen and oxygen atoms in total. The van der Waals surface area contributed by atoms with Gasteiger partial charge in [0.1, 0.15) is 0 Å². The predicted molar refractivity (Wildman–Crippen MR) is 184 cm³/mol. The molecule has 0 amide bonds. The molecule has 0 fully saturated rings. The van der Waals surface area contributed by atoms with Gasteiger partial charge in [-0.1, -0.05) is 78.9 Å². The van der Waals surface area contributed by atoms with E-state index in [0.717, 1.165) is 22.7 Å². The molecule has 0 aliphatic rings. The molecule has 3 heterocycles. The summed E-state index contributed by atoms with van der Waals surface area (Å²) in [6.45, 7) is 0.